The van der Waals surface area contributed by atoms with Crippen LogP contribution in [0.25, 0.3) is 0 Å². The first-order valence-electron chi connectivity index (χ1n) is 5.28. The summed E-state index contributed by atoms with van der Waals surface area (Å²) in [7, 11) is 0. The van der Waals surface area contributed by atoms with E-state index in [0.717, 1.165) is 12.8 Å². The molecule has 0 bridgehead atoms. The first-order chi connectivity index (χ1) is 7.65. The minimum Gasteiger partial charge on any atom is -0.488 e. The molecule has 1 unspecified atom stereocenters. The summed E-state index contributed by atoms with van der Waals surface area (Å²) in [4.78, 5) is 11.3. The molecule has 1 fully saturated rings. The van der Waals surface area contributed by atoms with Crippen LogP contribution in [-0.2, 0) is 4.79 Å². The molecule has 16 heavy (non-hydrogen) atoms. The maximum Gasteiger partial charge on any atom is 0.138 e. The van der Waals surface area contributed by atoms with E-state index in [0.29, 0.717) is 28.6 Å². The second-order valence-electron chi connectivity index (χ2n) is 3.95. The molecule has 0 spiro atoms. The number of carbonyl (C=O) groups excluding carboxylic acids is 1. The zero-order valence-electron chi connectivity index (χ0n) is 8.71. The van der Waals surface area contributed by atoms with Gasteiger partial charge < -0.3 is 4.74 Å². The van der Waals surface area contributed by atoms with Gasteiger partial charge in [0.2, 0.25) is 0 Å². The second kappa shape index (κ2) is 5.07. The lowest BCUT2D eigenvalue weighted by atomic mass is 9.96. The number of carbonyl (C=O) groups is 1. The molecule has 1 aromatic carbocycles. The minimum absolute atomic E-state index is 0.0417. The van der Waals surface area contributed by atoms with Crippen LogP contribution in [0.4, 0.5) is 0 Å². The van der Waals surface area contributed by atoms with E-state index in [1.165, 1.54) is 0 Å². The Bertz CT molecular complexity index is 404. The average molecular weight is 259 g/mol. The van der Waals surface area contributed by atoms with Gasteiger partial charge in [-0.25, -0.2) is 0 Å². The highest BCUT2D eigenvalue weighted by molar-refractivity contribution is 6.35. The van der Waals surface area contributed by atoms with Gasteiger partial charge in [-0.3, -0.25) is 4.79 Å². The van der Waals surface area contributed by atoms with E-state index in [4.69, 9.17) is 27.9 Å². The van der Waals surface area contributed by atoms with Gasteiger partial charge in [0.05, 0.1) is 5.02 Å². The third-order valence-corrected chi connectivity index (χ3v) is 3.16. The number of ether oxygens (including phenoxy) is 1. The molecule has 2 rings (SSSR count). The maximum absolute atomic E-state index is 11.3. The highest BCUT2D eigenvalue weighted by atomic mass is 35.5. The second-order valence-corrected chi connectivity index (χ2v) is 4.79. The third-order valence-electron chi connectivity index (χ3n) is 2.62. The summed E-state index contributed by atoms with van der Waals surface area (Å²) in [5.41, 5.74) is 0. The van der Waals surface area contributed by atoms with E-state index < -0.39 is 0 Å². The summed E-state index contributed by atoms with van der Waals surface area (Å²) in [5.74, 6) is 0.868. The molecule has 0 amide bonds. The Morgan fingerprint density at radius 3 is 2.81 bits per heavy atom. The molecule has 1 aliphatic carbocycles. The van der Waals surface area contributed by atoms with E-state index in [2.05, 4.69) is 0 Å². The van der Waals surface area contributed by atoms with Crippen LogP contribution in [0.15, 0.2) is 18.2 Å². The SMILES string of the molecule is O=C1CCCC(Oc2ccc(Cl)cc2Cl)C1. The van der Waals surface area contributed by atoms with Crippen LogP contribution in [0.1, 0.15) is 25.7 Å². The summed E-state index contributed by atoms with van der Waals surface area (Å²) >= 11 is 11.8. The molecule has 86 valence electrons. The summed E-state index contributed by atoms with van der Waals surface area (Å²) in [6.07, 6.45) is 2.92. The van der Waals surface area contributed by atoms with Crippen molar-refractivity contribution < 1.29 is 9.53 Å². The summed E-state index contributed by atoms with van der Waals surface area (Å²) in [6.45, 7) is 0. The third kappa shape index (κ3) is 2.89. The molecule has 0 N–H and O–H groups in total. The van der Waals surface area contributed by atoms with Crippen molar-refractivity contribution in [1.29, 1.82) is 0 Å². The Balaban J connectivity index is 2.05. The molecule has 1 atom stereocenters. The van der Waals surface area contributed by atoms with Gasteiger partial charge >= 0.3 is 0 Å². The zero-order chi connectivity index (χ0) is 11.5. The van der Waals surface area contributed by atoms with E-state index >= 15 is 0 Å². The Morgan fingerprint density at radius 2 is 2.12 bits per heavy atom. The van der Waals surface area contributed by atoms with E-state index in [-0.39, 0.29) is 11.9 Å². The van der Waals surface area contributed by atoms with E-state index in [1.807, 2.05) is 0 Å². The molecule has 0 saturated heterocycles. The molecule has 0 radical (unpaired) electrons. The van der Waals surface area contributed by atoms with Crippen LogP contribution in [0.5, 0.6) is 5.75 Å². The van der Waals surface area contributed by atoms with Crippen LogP contribution >= 0.6 is 23.2 Å². The number of rotatable bonds is 2. The summed E-state index contributed by atoms with van der Waals surface area (Å²) in [6, 6.07) is 5.11. The van der Waals surface area contributed by atoms with Crippen LogP contribution in [0, 0.1) is 0 Å². The van der Waals surface area contributed by atoms with E-state index in [9.17, 15) is 4.79 Å². The molecule has 1 aromatic rings. The van der Waals surface area contributed by atoms with Crippen LogP contribution in [0.2, 0.25) is 10.0 Å². The van der Waals surface area contributed by atoms with Crippen molar-refractivity contribution in [1.82, 2.24) is 0 Å². The number of ketones is 1. The van der Waals surface area contributed by atoms with Crippen LogP contribution < -0.4 is 4.74 Å². The van der Waals surface area contributed by atoms with Crippen molar-refractivity contribution in [2.75, 3.05) is 0 Å². The molecule has 0 aromatic heterocycles. The lowest BCUT2D eigenvalue weighted by Gasteiger charge is -2.22. The Labute approximate surface area is 104 Å². The monoisotopic (exact) mass is 258 g/mol. The lowest BCUT2D eigenvalue weighted by Crippen LogP contribution is -2.25. The lowest BCUT2D eigenvalue weighted by molar-refractivity contribution is -0.122. The minimum atomic E-state index is -0.0417. The summed E-state index contributed by atoms with van der Waals surface area (Å²) in [5, 5.41) is 1.07. The molecule has 2 nitrogen and oxygen atoms in total. The topological polar surface area (TPSA) is 26.3 Å². The number of benzene rings is 1. The number of halogens is 2. The van der Waals surface area contributed by atoms with Crippen molar-refractivity contribution in [3.63, 3.8) is 0 Å². The van der Waals surface area contributed by atoms with Gasteiger partial charge in [-0.15, -0.1) is 0 Å². The van der Waals surface area contributed by atoms with Gasteiger partial charge in [0.1, 0.15) is 17.6 Å². The fourth-order valence-electron chi connectivity index (χ4n) is 1.84. The quantitative estimate of drug-likeness (QED) is 0.805. The van der Waals surface area contributed by atoms with Crippen molar-refractivity contribution in [3.8, 4) is 5.75 Å². The van der Waals surface area contributed by atoms with Gasteiger partial charge in [-0.05, 0) is 31.0 Å². The molecule has 4 heteroatoms. The first-order valence-corrected chi connectivity index (χ1v) is 6.04. The standard InChI is InChI=1S/C12H12Cl2O2/c13-8-4-5-12(11(14)6-8)16-10-3-1-2-9(15)7-10/h4-6,10H,1-3,7H2. The summed E-state index contributed by atoms with van der Waals surface area (Å²) < 4.78 is 5.70. The van der Waals surface area contributed by atoms with Gasteiger partial charge in [-0.1, -0.05) is 23.2 Å². The number of Topliss-reactive ketones (excluding diaryl/α,β-unsaturated/α-hetero) is 1. The number of hydrogen-bond donors (Lipinski definition) is 0. The predicted octanol–water partition coefficient (Wildman–Crippen LogP) is 3.88. The Kier molecular flexibility index (Phi) is 3.72. The molecular formula is C12H12Cl2O2. The van der Waals surface area contributed by atoms with Crippen LogP contribution in [0.3, 0.4) is 0 Å². The molecular weight excluding hydrogens is 247 g/mol. The van der Waals surface area contributed by atoms with Crippen LogP contribution in [-0.4, -0.2) is 11.9 Å². The predicted molar refractivity (Wildman–Crippen MR) is 64.4 cm³/mol. The van der Waals surface area contributed by atoms with E-state index in [1.54, 1.807) is 18.2 Å². The van der Waals surface area contributed by atoms with Crippen molar-refractivity contribution >= 4 is 29.0 Å². The van der Waals surface area contributed by atoms with Gasteiger partial charge in [0.25, 0.3) is 0 Å². The van der Waals surface area contributed by atoms with Gasteiger partial charge in [0, 0.05) is 17.9 Å². The highest BCUT2D eigenvalue weighted by Gasteiger charge is 2.21. The normalized spacial score (nSPS) is 20.9. The first kappa shape index (κ1) is 11.7. The smallest absolute Gasteiger partial charge is 0.138 e. The maximum atomic E-state index is 11.3. The van der Waals surface area contributed by atoms with Gasteiger partial charge in [0.15, 0.2) is 0 Å². The van der Waals surface area contributed by atoms with Crippen molar-refractivity contribution in [3.05, 3.63) is 28.2 Å². The fraction of sp³-hybridized carbons (Fsp3) is 0.417. The number of hydrogen-bond acceptors (Lipinski definition) is 2. The van der Waals surface area contributed by atoms with Crippen molar-refractivity contribution in [2.24, 2.45) is 0 Å². The zero-order valence-corrected chi connectivity index (χ0v) is 10.2. The molecule has 1 saturated carbocycles. The Morgan fingerprint density at radius 1 is 1.31 bits per heavy atom. The fourth-order valence-corrected chi connectivity index (χ4v) is 2.29. The van der Waals surface area contributed by atoms with Gasteiger partial charge in [-0.2, -0.15) is 0 Å². The molecule has 1 aliphatic rings. The molecule has 0 heterocycles. The largest absolute Gasteiger partial charge is 0.488 e. The average Bonchev–Trinajstić information content (AvgIpc) is 2.22. The Hall–Kier alpha value is -0.730. The highest BCUT2D eigenvalue weighted by Crippen LogP contribution is 2.30. The molecule has 0 aliphatic heterocycles. The van der Waals surface area contributed by atoms with Crippen molar-refractivity contribution in [2.45, 2.75) is 31.8 Å².